The molecule has 1 rings (SSSR count). The Labute approximate surface area is 85.2 Å². The number of rotatable bonds is 3. The number of Topliss-reactive ketones (excluding diaryl/α,β-unsaturated/α-hetero) is 1. The van der Waals surface area contributed by atoms with Crippen molar-refractivity contribution in [3.63, 3.8) is 0 Å². The average Bonchev–Trinajstić information content (AvgIpc) is 2.18. The molecule has 0 atom stereocenters. The summed E-state index contributed by atoms with van der Waals surface area (Å²) < 4.78 is 12.8. The highest BCUT2D eigenvalue weighted by Crippen LogP contribution is 2.14. The van der Waals surface area contributed by atoms with Gasteiger partial charge in [-0.3, -0.25) is 14.9 Å². The monoisotopic (exact) mass is 209 g/mol. The third-order valence-electron chi connectivity index (χ3n) is 1.73. The highest BCUT2D eigenvalue weighted by atomic mass is 19.1. The number of allylic oxidation sites excluding steroid dienone is 1. The smallest absolute Gasteiger partial charge is 0.269 e. The molecule has 0 radical (unpaired) electrons. The quantitative estimate of drug-likeness (QED) is 0.436. The maximum atomic E-state index is 12.8. The van der Waals surface area contributed by atoms with Gasteiger partial charge in [-0.2, -0.15) is 0 Å². The minimum atomic E-state index is -0.871. The van der Waals surface area contributed by atoms with Gasteiger partial charge in [-0.25, -0.2) is 4.39 Å². The molecule has 1 aromatic carbocycles. The van der Waals surface area contributed by atoms with Gasteiger partial charge in [0, 0.05) is 19.1 Å². The summed E-state index contributed by atoms with van der Waals surface area (Å²) in [5, 5.41) is 10.3. The molecule has 0 saturated carbocycles. The van der Waals surface area contributed by atoms with Crippen molar-refractivity contribution in [1.82, 2.24) is 0 Å². The maximum Gasteiger partial charge on any atom is 0.269 e. The summed E-state index contributed by atoms with van der Waals surface area (Å²) in [5.74, 6) is -1.54. The van der Waals surface area contributed by atoms with Crippen molar-refractivity contribution in [1.29, 1.82) is 0 Å². The van der Waals surface area contributed by atoms with Crippen LogP contribution in [-0.2, 0) is 4.79 Å². The van der Waals surface area contributed by atoms with E-state index in [1.807, 2.05) is 0 Å². The number of non-ortho nitro benzene ring substituents is 1. The first kappa shape index (κ1) is 11.0. The second-order valence-electron chi connectivity index (χ2n) is 2.90. The number of benzene rings is 1. The van der Waals surface area contributed by atoms with Crippen molar-refractivity contribution < 1.29 is 14.1 Å². The number of nitrogens with zero attached hydrogens (tertiary/aromatic N) is 1. The first-order valence-corrected chi connectivity index (χ1v) is 4.13. The summed E-state index contributed by atoms with van der Waals surface area (Å²) in [5.41, 5.74) is 0.337. The molecular weight excluding hydrogens is 201 g/mol. The maximum absolute atomic E-state index is 12.8. The molecule has 0 amide bonds. The van der Waals surface area contributed by atoms with Gasteiger partial charge in [-0.1, -0.05) is 0 Å². The third kappa shape index (κ3) is 2.98. The highest BCUT2D eigenvalue weighted by molar-refractivity contribution is 5.95. The molecule has 0 bridgehead atoms. The van der Waals surface area contributed by atoms with E-state index in [0.29, 0.717) is 5.56 Å². The molecule has 0 aliphatic rings. The molecule has 0 saturated heterocycles. The Morgan fingerprint density at radius 2 is 1.93 bits per heavy atom. The van der Waals surface area contributed by atoms with E-state index in [0.717, 1.165) is 13.0 Å². The predicted molar refractivity (Wildman–Crippen MR) is 52.9 cm³/mol. The minimum absolute atomic E-state index is 0.0737. The number of hydrogen-bond acceptors (Lipinski definition) is 3. The van der Waals surface area contributed by atoms with Gasteiger partial charge in [-0.15, -0.1) is 0 Å². The van der Waals surface area contributed by atoms with E-state index in [1.165, 1.54) is 24.3 Å². The zero-order valence-corrected chi connectivity index (χ0v) is 7.94. The second kappa shape index (κ2) is 4.45. The normalized spacial score (nSPS) is 11.2. The van der Waals surface area contributed by atoms with Crippen LogP contribution in [0.25, 0.3) is 6.08 Å². The number of halogens is 1. The molecule has 0 fully saturated rings. The Kier molecular flexibility index (Phi) is 3.28. The molecule has 4 nitrogen and oxygen atoms in total. The van der Waals surface area contributed by atoms with Crippen LogP contribution in [-0.4, -0.2) is 10.7 Å². The van der Waals surface area contributed by atoms with Crippen molar-refractivity contribution in [2.75, 3.05) is 0 Å². The molecule has 0 aliphatic carbocycles. The van der Waals surface area contributed by atoms with Crippen LogP contribution in [0, 0.1) is 10.1 Å². The van der Waals surface area contributed by atoms with Gasteiger partial charge in [0.1, 0.15) is 0 Å². The van der Waals surface area contributed by atoms with Gasteiger partial charge < -0.3 is 0 Å². The number of hydrogen-bond donors (Lipinski definition) is 0. The highest BCUT2D eigenvalue weighted by Gasteiger charge is 2.05. The van der Waals surface area contributed by atoms with Gasteiger partial charge in [0.05, 0.1) is 4.92 Å². The largest absolute Gasteiger partial charge is 0.292 e. The zero-order chi connectivity index (χ0) is 11.4. The lowest BCUT2D eigenvalue weighted by atomic mass is 10.2. The fourth-order valence-electron chi connectivity index (χ4n) is 0.940. The number of carbonyl (C=O) groups is 1. The van der Waals surface area contributed by atoms with E-state index in [2.05, 4.69) is 0 Å². The minimum Gasteiger partial charge on any atom is -0.292 e. The Morgan fingerprint density at radius 3 is 2.33 bits per heavy atom. The van der Waals surface area contributed by atoms with Gasteiger partial charge in [0.2, 0.25) is 0 Å². The van der Waals surface area contributed by atoms with Gasteiger partial charge in [-0.05, 0) is 23.8 Å². The molecular formula is C10H8FNO3. The molecule has 0 heterocycles. The van der Waals surface area contributed by atoms with Gasteiger partial charge >= 0.3 is 0 Å². The summed E-state index contributed by atoms with van der Waals surface area (Å²) in [6.07, 6.45) is 1.03. The Bertz CT molecular complexity index is 423. The van der Waals surface area contributed by atoms with Crippen molar-refractivity contribution in [2.24, 2.45) is 0 Å². The van der Waals surface area contributed by atoms with E-state index in [-0.39, 0.29) is 5.69 Å². The lowest BCUT2D eigenvalue weighted by Crippen LogP contribution is -1.90. The van der Waals surface area contributed by atoms with Crippen LogP contribution in [0.1, 0.15) is 12.5 Å². The standard InChI is InChI=1S/C10H8FNO3/c1-7(13)10(11)6-8-2-4-9(5-3-8)12(14)15/h2-6H,1H3/b10-6-. The summed E-state index contributed by atoms with van der Waals surface area (Å²) in [7, 11) is 0. The molecule has 0 aliphatic heterocycles. The second-order valence-corrected chi connectivity index (χ2v) is 2.90. The van der Waals surface area contributed by atoms with Gasteiger partial charge in [0.15, 0.2) is 11.6 Å². The molecule has 15 heavy (non-hydrogen) atoms. The number of nitro benzene ring substituents is 1. The van der Waals surface area contributed by atoms with Crippen molar-refractivity contribution in [2.45, 2.75) is 6.92 Å². The molecule has 1 aromatic rings. The summed E-state index contributed by atoms with van der Waals surface area (Å²) in [4.78, 5) is 20.3. The molecule has 0 unspecified atom stereocenters. The molecule has 78 valence electrons. The van der Waals surface area contributed by atoms with Crippen molar-refractivity contribution in [3.05, 3.63) is 45.8 Å². The number of carbonyl (C=O) groups excluding carboxylic acids is 1. The first-order valence-electron chi connectivity index (χ1n) is 4.13. The first-order chi connectivity index (χ1) is 7.00. The third-order valence-corrected chi connectivity index (χ3v) is 1.73. The molecule has 0 aromatic heterocycles. The van der Waals surface area contributed by atoms with E-state index in [1.54, 1.807) is 0 Å². The molecule has 0 spiro atoms. The fourth-order valence-corrected chi connectivity index (χ4v) is 0.940. The Hall–Kier alpha value is -2.04. The predicted octanol–water partition coefficient (Wildman–Crippen LogP) is 2.49. The zero-order valence-electron chi connectivity index (χ0n) is 7.94. The van der Waals surface area contributed by atoms with Crippen molar-refractivity contribution in [3.8, 4) is 0 Å². The van der Waals surface area contributed by atoms with Crippen LogP contribution in [0.2, 0.25) is 0 Å². The lowest BCUT2D eigenvalue weighted by molar-refractivity contribution is -0.384. The van der Waals surface area contributed by atoms with E-state index in [9.17, 15) is 19.3 Å². The topological polar surface area (TPSA) is 60.2 Å². The lowest BCUT2D eigenvalue weighted by Gasteiger charge is -1.94. The van der Waals surface area contributed by atoms with Gasteiger partial charge in [0.25, 0.3) is 5.69 Å². The van der Waals surface area contributed by atoms with Crippen LogP contribution in [0.3, 0.4) is 0 Å². The van der Waals surface area contributed by atoms with Crippen LogP contribution >= 0.6 is 0 Å². The van der Waals surface area contributed by atoms with Crippen LogP contribution in [0.15, 0.2) is 30.1 Å². The summed E-state index contributed by atoms with van der Waals surface area (Å²) in [6, 6.07) is 5.25. The molecule has 5 heteroatoms. The number of ketones is 1. The van der Waals surface area contributed by atoms with Crippen LogP contribution < -0.4 is 0 Å². The Balaban J connectivity index is 2.95. The van der Waals surface area contributed by atoms with E-state index < -0.39 is 16.5 Å². The van der Waals surface area contributed by atoms with Crippen LogP contribution in [0.5, 0.6) is 0 Å². The van der Waals surface area contributed by atoms with Crippen molar-refractivity contribution >= 4 is 17.5 Å². The fraction of sp³-hybridized carbons (Fsp3) is 0.100. The Morgan fingerprint density at radius 1 is 1.40 bits per heavy atom. The number of nitro groups is 1. The van der Waals surface area contributed by atoms with Crippen LogP contribution in [0.4, 0.5) is 10.1 Å². The summed E-state index contributed by atoms with van der Waals surface area (Å²) in [6.45, 7) is 1.11. The SMILES string of the molecule is CC(=O)/C(F)=C/c1ccc([N+](=O)[O-])cc1. The average molecular weight is 209 g/mol. The molecule has 0 N–H and O–H groups in total. The van der Waals surface area contributed by atoms with E-state index >= 15 is 0 Å². The van der Waals surface area contributed by atoms with E-state index in [4.69, 9.17) is 0 Å². The summed E-state index contributed by atoms with van der Waals surface area (Å²) >= 11 is 0.